The number of piperidine rings is 1. The molecule has 0 atom stereocenters. The summed E-state index contributed by atoms with van der Waals surface area (Å²) in [5.74, 6) is 0.807. The predicted molar refractivity (Wildman–Crippen MR) is 124 cm³/mol. The summed E-state index contributed by atoms with van der Waals surface area (Å²) in [5, 5.41) is 0. The molecule has 162 valence electrons. The molecule has 3 aromatic rings. The fourth-order valence-corrected chi connectivity index (χ4v) is 4.49. The minimum Gasteiger partial charge on any atom is -0.337 e. The fraction of sp³-hybridized carbons (Fsp3) is 0.308. The Morgan fingerprint density at radius 1 is 0.906 bits per heavy atom. The Bertz CT molecular complexity index is 1200. The zero-order valence-corrected chi connectivity index (χ0v) is 18.5. The summed E-state index contributed by atoms with van der Waals surface area (Å²) in [4.78, 5) is 39.7. The van der Waals surface area contributed by atoms with E-state index in [4.69, 9.17) is 9.97 Å². The van der Waals surface area contributed by atoms with E-state index in [-0.39, 0.29) is 18.2 Å². The molecule has 3 heterocycles. The Morgan fingerprint density at radius 2 is 1.62 bits per heavy atom. The predicted octanol–water partition coefficient (Wildman–Crippen LogP) is 4.61. The number of hydrogen-bond acceptors (Lipinski definition) is 4. The van der Waals surface area contributed by atoms with Crippen molar-refractivity contribution in [3.8, 4) is 11.4 Å². The van der Waals surface area contributed by atoms with Crippen LogP contribution in [0.4, 0.5) is 11.5 Å². The smallest absolute Gasteiger partial charge is 0.272 e. The van der Waals surface area contributed by atoms with E-state index in [2.05, 4.69) is 0 Å². The number of rotatable bonds is 3. The van der Waals surface area contributed by atoms with Crippen LogP contribution in [0.1, 0.15) is 46.4 Å². The van der Waals surface area contributed by atoms with Crippen LogP contribution in [0, 0.1) is 13.8 Å². The minimum absolute atomic E-state index is 0.0858. The first-order chi connectivity index (χ1) is 15.5. The number of likely N-dealkylation sites (tertiary alicyclic amines) is 1. The molecule has 0 aliphatic carbocycles. The average Bonchev–Trinajstić information content (AvgIpc) is 3.15. The lowest BCUT2D eigenvalue weighted by Gasteiger charge is -2.27. The van der Waals surface area contributed by atoms with Crippen molar-refractivity contribution in [2.24, 2.45) is 0 Å². The molecule has 5 rings (SSSR count). The summed E-state index contributed by atoms with van der Waals surface area (Å²) in [6.45, 7) is 5.46. The largest absolute Gasteiger partial charge is 0.337 e. The molecule has 0 bridgehead atoms. The number of benzene rings is 2. The van der Waals surface area contributed by atoms with Gasteiger partial charge < -0.3 is 4.90 Å². The molecule has 32 heavy (non-hydrogen) atoms. The van der Waals surface area contributed by atoms with Gasteiger partial charge in [-0.2, -0.15) is 0 Å². The van der Waals surface area contributed by atoms with Gasteiger partial charge in [0.1, 0.15) is 11.5 Å². The lowest BCUT2D eigenvalue weighted by atomic mass is 10.1. The normalized spacial score (nSPS) is 15.8. The number of carbonyl (C=O) groups is 2. The van der Waals surface area contributed by atoms with E-state index < -0.39 is 0 Å². The van der Waals surface area contributed by atoms with Gasteiger partial charge in [-0.15, -0.1) is 0 Å². The molecule has 2 aliphatic rings. The topological polar surface area (TPSA) is 66.4 Å². The van der Waals surface area contributed by atoms with Crippen molar-refractivity contribution in [2.45, 2.75) is 39.5 Å². The van der Waals surface area contributed by atoms with Crippen molar-refractivity contribution < 1.29 is 9.59 Å². The maximum Gasteiger partial charge on any atom is 0.272 e. The third-order valence-electron chi connectivity index (χ3n) is 6.29. The Hall–Kier alpha value is -3.54. The van der Waals surface area contributed by atoms with E-state index in [1.54, 1.807) is 4.90 Å². The Labute approximate surface area is 187 Å². The molecule has 6 nitrogen and oxygen atoms in total. The molecule has 0 radical (unpaired) electrons. The van der Waals surface area contributed by atoms with Crippen LogP contribution in [0.2, 0.25) is 0 Å². The van der Waals surface area contributed by atoms with E-state index in [9.17, 15) is 9.59 Å². The summed E-state index contributed by atoms with van der Waals surface area (Å²) >= 11 is 0. The second-order valence-corrected chi connectivity index (χ2v) is 8.61. The molecule has 1 aromatic heterocycles. The molecule has 2 aliphatic heterocycles. The van der Waals surface area contributed by atoms with Gasteiger partial charge in [0.25, 0.3) is 5.91 Å². The van der Waals surface area contributed by atoms with Crippen molar-refractivity contribution in [1.82, 2.24) is 14.9 Å². The lowest BCUT2D eigenvalue weighted by Crippen LogP contribution is -2.36. The van der Waals surface area contributed by atoms with Gasteiger partial charge >= 0.3 is 0 Å². The molecule has 0 saturated carbocycles. The maximum atomic E-state index is 13.5. The minimum atomic E-state index is -0.101. The van der Waals surface area contributed by atoms with Crippen molar-refractivity contribution in [1.29, 1.82) is 0 Å². The molecule has 1 fully saturated rings. The summed E-state index contributed by atoms with van der Waals surface area (Å²) in [6.07, 6.45) is 3.27. The lowest BCUT2D eigenvalue weighted by molar-refractivity contribution is -0.116. The first-order valence-corrected chi connectivity index (χ1v) is 11.2. The highest BCUT2D eigenvalue weighted by Crippen LogP contribution is 2.38. The Kier molecular flexibility index (Phi) is 5.21. The van der Waals surface area contributed by atoms with Gasteiger partial charge in [0.2, 0.25) is 5.91 Å². The molecule has 6 heteroatoms. The highest BCUT2D eigenvalue weighted by atomic mass is 16.2. The number of fused-ring (bicyclic) bond motifs is 1. The van der Waals surface area contributed by atoms with Gasteiger partial charge in [-0.3, -0.25) is 14.5 Å². The van der Waals surface area contributed by atoms with Crippen LogP contribution in [-0.4, -0.2) is 39.8 Å². The fourth-order valence-electron chi connectivity index (χ4n) is 4.49. The van der Waals surface area contributed by atoms with Crippen LogP contribution in [0.25, 0.3) is 11.4 Å². The van der Waals surface area contributed by atoms with Crippen molar-refractivity contribution >= 4 is 23.3 Å². The summed E-state index contributed by atoms with van der Waals surface area (Å²) < 4.78 is 0. The van der Waals surface area contributed by atoms with Crippen molar-refractivity contribution in [2.75, 3.05) is 18.0 Å². The van der Waals surface area contributed by atoms with Gasteiger partial charge in [0.15, 0.2) is 5.82 Å². The van der Waals surface area contributed by atoms with Gasteiger partial charge in [-0.05, 0) is 44.7 Å². The highest BCUT2D eigenvalue weighted by Gasteiger charge is 2.37. The molecule has 0 unspecified atom stereocenters. The summed E-state index contributed by atoms with van der Waals surface area (Å²) in [7, 11) is 0. The first kappa shape index (κ1) is 20.4. The third kappa shape index (κ3) is 3.55. The van der Waals surface area contributed by atoms with E-state index in [0.717, 1.165) is 54.7 Å². The van der Waals surface area contributed by atoms with Crippen LogP contribution in [0.3, 0.4) is 0 Å². The van der Waals surface area contributed by atoms with Crippen LogP contribution >= 0.6 is 0 Å². The van der Waals surface area contributed by atoms with E-state index in [1.165, 1.54) is 0 Å². The summed E-state index contributed by atoms with van der Waals surface area (Å²) in [6, 6.07) is 15.7. The van der Waals surface area contributed by atoms with Crippen LogP contribution in [-0.2, 0) is 11.2 Å². The Balaban J connectivity index is 1.68. The van der Waals surface area contributed by atoms with E-state index in [1.807, 2.05) is 67.3 Å². The number of hydrogen-bond donors (Lipinski definition) is 0. The quantitative estimate of drug-likeness (QED) is 0.614. The molecule has 2 amide bonds. The number of nitrogens with zero attached hydrogens (tertiary/aromatic N) is 4. The zero-order chi connectivity index (χ0) is 22.2. The number of aromatic nitrogens is 2. The van der Waals surface area contributed by atoms with E-state index in [0.29, 0.717) is 22.9 Å². The summed E-state index contributed by atoms with van der Waals surface area (Å²) in [5.41, 5.74) is 4.72. The van der Waals surface area contributed by atoms with Crippen LogP contribution < -0.4 is 4.90 Å². The van der Waals surface area contributed by atoms with Crippen LogP contribution in [0.5, 0.6) is 0 Å². The van der Waals surface area contributed by atoms with Gasteiger partial charge in [0, 0.05) is 24.2 Å². The number of para-hydroxylation sites is 1. The molecule has 0 N–H and O–H groups in total. The molecular formula is C26H26N4O2. The molecule has 0 spiro atoms. The Morgan fingerprint density at radius 3 is 2.34 bits per heavy atom. The van der Waals surface area contributed by atoms with Gasteiger partial charge in [0.05, 0.1) is 12.1 Å². The second kappa shape index (κ2) is 8.19. The number of anilines is 2. The highest BCUT2D eigenvalue weighted by molar-refractivity contribution is 6.10. The maximum absolute atomic E-state index is 13.5. The van der Waals surface area contributed by atoms with Crippen molar-refractivity contribution in [3.05, 3.63) is 70.9 Å². The van der Waals surface area contributed by atoms with Gasteiger partial charge in [-0.1, -0.05) is 48.0 Å². The van der Waals surface area contributed by atoms with Gasteiger partial charge in [-0.25, -0.2) is 9.97 Å². The van der Waals surface area contributed by atoms with E-state index >= 15 is 0 Å². The molecule has 1 saturated heterocycles. The van der Waals surface area contributed by atoms with Crippen molar-refractivity contribution in [3.63, 3.8) is 0 Å². The standard InChI is InChI=1S/C26H26N4O2/c1-17-10-12-19(13-11-17)24-27-23(26(32)29-14-6-3-7-15-29)20-16-22(31)30(25(20)28-24)21-9-5-4-8-18(21)2/h4-5,8-13H,3,6-7,14-16H2,1-2H3. The zero-order valence-electron chi connectivity index (χ0n) is 18.5. The monoisotopic (exact) mass is 426 g/mol. The number of aryl methyl sites for hydroxylation is 2. The number of carbonyl (C=O) groups excluding carboxylic acids is 2. The first-order valence-electron chi connectivity index (χ1n) is 11.2. The molecule has 2 aromatic carbocycles. The van der Waals surface area contributed by atoms with Crippen LogP contribution in [0.15, 0.2) is 48.5 Å². The second-order valence-electron chi connectivity index (χ2n) is 8.61. The third-order valence-corrected chi connectivity index (χ3v) is 6.29. The molecular weight excluding hydrogens is 400 g/mol. The average molecular weight is 427 g/mol. The number of amides is 2. The SMILES string of the molecule is Cc1ccc(-c2nc(C(=O)N3CCCCC3)c3c(n2)N(c2ccccc2C)C(=O)C3)cc1.